The molecule has 1 heterocycles. The molecule has 5 heteroatoms. The van der Waals surface area contributed by atoms with Crippen molar-refractivity contribution in [1.82, 2.24) is 5.06 Å². The Labute approximate surface area is 116 Å². The lowest BCUT2D eigenvalue weighted by Gasteiger charge is -2.45. The van der Waals surface area contributed by atoms with Gasteiger partial charge in [0, 0.05) is 19.3 Å². The van der Waals surface area contributed by atoms with E-state index in [9.17, 15) is 13.6 Å². The molecule has 1 aliphatic heterocycles. The van der Waals surface area contributed by atoms with Crippen LogP contribution < -0.4 is 0 Å². The Bertz CT molecular complexity index is 510. The van der Waals surface area contributed by atoms with Crippen LogP contribution in [0.25, 0.3) is 0 Å². The van der Waals surface area contributed by atoms with Gasteiger partial charge in [0.15, 0.2) is 0 Å². The average Bonchev–Trinajstić information content (AvgIpc) is 2.85. The van der Waals surface area contributed by atoms with E-state index in [1.165, 1.54) is 5.06 Å². The standard InChI is InChI=1S/C15H17F2NO2/c1-14(9-15(16,17)10-14)13(19)18-12(7-8-20-18)11-5-3-2-4-6-11/h2-6,12H,7-10H2,1H3/t12-/m0/s1. The molecule has 1 atom stereocenters. The van der Waals surface area contributed by atoms with Crippen LogP contribution in [-0.2, 0) is 9.63 Å². The van der Waals surface area contributed by atoms with Gasteiger partial charge in [0.25, 0.3) is 5.91 Å². The highest BCUT2D eigenvalue weighted by atomic mass is 19.3. The SMILES string of the molecule is CC1(C(=O)N2OCC[C@H]2c2ccccc2)CC(F)(F)C1. The molecular weight excluding hydrogens is 264 g/mol. The van der Waals surface area contributed by atoms with Crippen LogP contribution in [0.3, 0.4) is 0 Å². The topological polar surface area (TPSA) is 29.5 Å². The third-order valence-corrected chi connectivity index (χ3v) is 4.10. The van der Waals surface area contributed by atoms with Crippen LogP contribution in [0.2, 0.25) is 0 Å². The summed E-state index contributed by atoms with van der Waals surface area (Å²) >= 11 is 0. The van der Waals surface area contributed by atoms with E-state index >= 15 is 0 Å². The van der Waals surface area contributed by atoms with Crippen LogP contribution in [-0.4, -0.2) is 23.5 Å². The van der Waals surface area contributed by atoms with Crippen LogP contribution in [0.15, 0.2) is 30.3 Å². The zero-order chi connectivity index (χ0) is 14.4. The van der Waals surface area contributed by atoms with Crippen molar-refractivity contribution in [3.63, 3.8) is 0 Å². The molecule has 1 aromatic rings. The van der Waals surface area contributed by atoms with E-state index < -0.39 is 11.3 Å². The van der Waals surface area contributed by atoms with Gasteiger partial charge in [0.05, 0.1) is 18.1 Å². The molecule has 3 rings (SSSR count). The number of nitrogens with zero attached hydrogens (tertiary/aromatic N) is 1. The van der Waals surface area contributed by atoms with Crippen molar-refractivity contribution in [1.29, 1.82) is 0 Å². The molecule has 2 fully saturated rings. The average molecular weight is 281 g/mol. The third kappa shape index (κ3) is 2.20. The highest BCUT2D eigenvalue weighted by Crippen LogP contribution is 2.53. The molecule has 1 aliphatic carbocycles. The molecule has 0 aromatic heterocycles. The zero-order valence-corrected chi connectivity index (χ0v) is 11.3. The van der Waals surface area contributed by atoms with Gasteiger partial charge in [-0.25, -0.2) is 13.8 Å². The van der Waals surface area contributed by atoms with E-state index in [-0.39, 0.29) is 24.8 Å². The van der Waals surface area contributed by atoms with Gasteiger partial charge >= 0.3 is 0 Å². The first-order valence-electron chi connectivity index (χ1n) is 6.81. The Balaban J connectivity index is 1.78. The van der Waals surface area contributed by atoms with Gasteiger partial charge in [-0.1, -0.05) is 37.3 Å². The fourth-order valence-electron chi connectivity index (χ4n) is 3.15. The number of benzene rings is 1. The number of hydrogen-bond acceptors (Lipinski definition) is 2. The van der Waals surface area contributed by atoms with Crippen molar-refractivity contribution in [2.45, 2.75) is 38.2 Å². The van der Waals surface area contributed by atoms with Crippen molar-refractivity contribution in [3.8, 4) is 0 Å². The number of carbonyl (C=O) groups is 1. The first kappa shape index (κ1) is 13.5. The van der Waals surface area contributed by atoms with Crippen molar-refractivity contribution in [2.75, 3.05) is 6.61 Å². The minimum Gasteiger partial charge on any atom is -0.272 e. The Morgan fingerprint density at radius 2 is 1.95 bits per heavy atom. The second kappa shape index (κ2) is 4.52. The van der Waals surface area contributed by atoms with Gasteiger partial charge in [-0.3, -0.25) is 9.63 Å². The van der Waals surface area contributed by atoms with E-state index in [4.69, 9.17) is 4.84 Å². The summed E-state index contributed by atoms with van der Waals surface area (Å²) in [6.07, 6.45) is -0.0807. The number of amides is 1. The summed E-state index contributed by atoms with van der Waals surface area (Å²) in [5.74, 6) is -3.04. The molecule has 0 radical (unpaired) electrons. The Hall–Kier alpha value is -1.49. The maximum absolute atomic E-state index is 13.1. The highest BCUT2D eigenvalue weighted by molar-refractivity contribution is 5.83. The molecule has 0 bridgehead atoms. The number of hydroxylamine groups is 2. The number of rotatable bonds is 2. The van der Waals surface area contributed by atoms with Crippen molar-refractivity contribution < 1.29 is 18.4 Å². The maximum atomic E-state index is 13.1. The predicted octanol–water partition coefficient (Wildman–Crippen LogP) is 3.33. The van der Waals surface area contributed by atoms with E-state index in [1.807, 2.05) is 30.3 Å². The number of hydrogen-bond donors (Lipinski definition) is 0. The minimum atomic E-state index is -2.72. The summed E-state index contributed by atoms with van der Waals surface area (Å²) in [6.45, 7) is 2.04. The van der Waals surface area contributed by atoms with Crippen molar-refractivity contribution in [2.24, 2.45) is 5.41 Å². The first-order chi connectivity index (χ1) is 9.41. The summed E-state index contributed by atoms with van der Waals surface area (Å²) in [4.78, 5) is 17.9. The molecule has 0 spiro atoms. The number of carbonyl (C=O) groups excluding carboxylic acids is 1. The zero-order valence-electron chi connectivity index (χ0n) is 11.3. The fourth-order valence-corrected chi connectivity index (χ4v) is 3.15. The van der Waals surface area contributed by atoms with Gasteiger partial charge in [0.1, 0.15) is 0 Å². The van der Waals surface area contributed by atoms with E-state index in [2.05, 4.69) is 0 Å². The molecule has 2 aliphatic rings. The van der Waals surface area contributed by atoms with Crippen LogP contribution >= 0.6 is 0 Å². The van der Waals surface area contributed by atoms with Crippen molar-refractivity contribution in [3.05, 3.63) is 35.9 Å². The second-order valence-corrected chi connectivity index (χ2v) is 5.95. The third-order valence-electron chi connectivity index (χ3n) is 4.10. The fraction of sp³-hybridized carbons (Fsp3) is 0.533. The summed E-state index contributed by atoms with van der Waals surface area (Å²) in [7, 11) is 0. The molecule has 1 saturated heterocycles. The highest BCUT2D eigenvalue weighted by Gasteiger charge is 2.60. The normalized spacial score (nSPS) is 27.1. The summed E-state index contributed by atoms with van der Waals surface area (Å²) in [5, 5.41) is 1.31. The molecule has 1 saturated carbocycles. The molecule has 20 heavy (non-hydrogen) atoms. The number of halogens is 2. The maximum Gasteiger partial charge on any atom is 0.253 e. The van der Waals surface area contributed by atoms with Gasteiger partial charge in [-0.05, 0) is 5.56 Å². The quantitative estimate of drug-likeness (QED) is 0.832. The smallest absolute Gasteiger partial charge is 0.253 e. The number of alkyl halides is 2. The predicted molar refractivity (Wildman–Crippen MR) is 68.9 cm³/mol. The van der Waals surface area contributed by atoms with Crippen molar-refractivity contribution >= 4 is 5.91 Å². The Morgan fingerprint density at radius 1 is 1.30 bits per heavy atom. The van der Waals surface area contributed by atoms with Gasteiger partial charge < -0.3 is 0 Å². The molecule has 3 nitrogen and oxygen atoms in total. The van der Waals surface area contributed by atoms with E-state index in [1.54, 1.807) is 6.92 Å². The molecule has 1 amide bonds. The van der Waals surface area contributed by atoms with Gasteiger partial charge in [0.2, 0.25) is 5.92 Å². The van der Waals surface area contributed by atoms with Crippen LogP contribution in [0, 0.1) is 5.41 Å². The second-order valence-electron chi connectivity index (χ2n) is 5.95. The Morgan fingerprint density at radius 3 is 2.55 bits per heavy atom. The molecule has 108 valence electrons. The lowest BCUT2D eigenvalue weighted by molar-refractivity contribution is -0.216. The lowest BCUT2D eigenvalue weighted by Crippen LogP contribution is -2.54. The molecule has 0 N–H and O–H groups in total. The minimum absolute atomic E-state index is 0.172. The van der Waals surface area contributed by atoms with E-state index in [0.717, 1.165) is 5.56 Å². The van der Waals surface area contributed by atoms with Gasteiger partial charge in [-0.2, -0.15) is 0 Å². The summed E-state index contributed by atoms with van der Waals surface area (Å²) in [5.41, 5.74) is -0.0195. The van der Waals surface area contributed by atoms with E-state index in [0.29, 0.717) is 13.0 Å². The van der Waals surface area contributed by atoms with Crippen LogP contribution in [0.4, 0.5) is 8.78 Å². The summed E-state index contributed by atoms with van der Waals surface area (Å²) < 4.78 is 26.2. The molecule has 0 unspecified atom stereocenters. The van der Waals surface area contributed by atoms with Gasteiger partial charge in [-0.15, -0.1) is 0 Å². The first-order valence-corrected chi connectivity index (χ1v) is 6.81. The largest absolute Gasteiger partial charge is 0.272 e. The summed E-state index contributed by atoms with van der Waals surface area (Å²) in [6, 6.07) is 9.38. The monoisotopic (exact) mass is 281 g/mol. The molecular formula is C15H17F2NO2. The van der Waals surface area contributed by atoms with Crippen LogP contribution in [0.5, 0.6) is 0 Å². The molecule has 1 aromatic carbocycles. The lowest BCUT2D eigenvalue weighted by atomic mass is 9.66. The van der Waals surface area contributed by atoms with Crippen LogP contribution in [0.1, 0.15) is 37.8 Å². The Kier molecular flexibility index (Phi) is 3.05.